The zero-order valence-corrected chi connectivity index (χ0v) is 22.6. The monoisotopic (exact) mass is 521 g/mol. The van der Waals surface area contributed by atoms with Crippen LogP contribution in [0.2, 0.25) is 5.02 Å². The molecule has 0 unspecified atom stereocenters. The van der Waals surface area contributed by atoms with E-state index in [4.69, 9.17) is 31.6 Å². The molecule has 35 heavy (non-hydrogen) atoms. The van der Waals surface area contributed by atoms with E-state index in [1.165, 1.54) is 11.8 Å². The molecule has 2 atom stereocenters. The molecule has 2 amide bonds. The van der Waals surface area contributed by atoms with Gasteiger partial charge in [0.2, 0.25) is 0 Å². The number of thioether (sulfide) groups is 1. The van der Waals surface area contributed by atoms with E-state index in [1.54, 1.807) is 53.7 Å². The maximum absolute atomic E-state index is 13.2. The van der Waals surface area contributed by atoms with Crippen LogP contribution in [0.4, 0.5) is 15.3 Å². The lowest BCUT2D eigenvalue weighted by molar-refractivity contribution is 0.0149. The maximum Gasteiger partial charge on any atom is 0.426 e. The second-order valence-corrected chi connectivity index (χ2v) is 12.2. The average molecular weight is 522 g/mol. The average Bonchev–Trinajstić information content (AvgIpc) is 2.71. The van der Waals surface area contributed by atoms with Crippen molar-refractivity contribution in [3.8, 4) is 0 Å². The van der Waals surface area contributed by atoms with Gasteiger partial charge in [-0.05, 0) is 89.6 Å². The van der Waals surface area contributed by atoms with Gasteiger partial charge < -0.3 is 9.47 Å². The summed E-state index contributed by atoms with van der Waals surface area (Å²) in [5.41, 5.74) is 7.75. The molecule has 1 aliphatic carbocycles. The fourth-order valence-electron chi connectivity index (χ4n) is 4.31. The number of benzene rings is 1. The standard InChI is InChI=1S/C24H32ClN5O4S/c1-22(2,3)33-20(31)30(21(32)34-23(4,5)6)19-27-24(10-8-7-9-15(24)14-35-19)16-11-17(25)13-18(12-16)28-29-26/h11-13,15H,7-10,14H2,1-6H3/t15-,24-/m0/s1. The Morgan fingerprint density at radius 2 is 1.77 bits per heavy atom. The maximum atomic E-state index is 13.2. The summed E-state index contributed by atoms with van der Waals surface area (Å²) in [7, 11) is 0. The number of nitrogens with zero attached hydrogens (tertiary/aromatic N) is 5. The summed E-state index contributed by atoms with van der Waals surface area (Å²) in [6, 6.07) is 5.19. The lowest BCUT2D eigenvalue weighted by Gasteiger charge is -2.45. The number of hydrogen-bond acceptors (Lipinski definition) is 7. The molecule has 0 saturated heterocycles. The van der Waals surface area contributed by atoms with Gasteiger partial charge in [0, 0.05) is 21.4 Å². The molecule has 1 aromatic rings. The van der Waals surface area contributed by atoms with Gasteiger partial charge in [-0.25, -0.2) is 14.6 Å². The van der Waals surface area contributed by atoms with Crippen molar-refractivity contribution >= 4 is 46.4 Å². The molecular formula is C24H32ClN5O4S. The summed E-state index contributed by atoms with van der Waals surface area (Å²) < 4.78 is 11.1. The number of halogens is 1. The molecule has 1 aliphatic heterocycles. The van der Waals surface area contributed by atoms with Gasteiger partial charge in [-0.15, -0.1) is 0 Å². The molecule has 2 aliphatic rings. The Labute approximate surface area is 215 Å². The lowest BCUT2D eigenvalue weighted by atomic mass is 9.70. The van der Waals surface area contributed by atoms with Crippen molar-refractivity contribution in [2.24, 2.45) is 16.0 Å². The molecular weight excluding hydrogens is 490 g/mol. The zero-order valence-electron chi connectivity index (χ0n) is 21.0. The zero-order chi connectivity index (χ0) is 26.0. The largest absolute Gasteiger partial charge is 0.443 e. The predicted octanol–water partition coefficient (Wildman–Crippen LogP) is 7.94. The van der Waals surface area contributed by atoms with Gasteiger partial charge >= 0.3 is 12.2 Å². The van der Waals surface area contributed by atoms with E-state index in [9.17, 15) is 9.59 Å². The Balaban J connectivity index is 2.15. The molecule has 1 fully saturated rings. The Kier molecular flexibility index (Phi) is 7.99. The molecule has 1 saturated carbocycles. The van der Waals surface area contributed by atoms with Crippen molar-refractivity contribution in [2.75, 3.05) is 5.75 Å². The number of ether oxygens (including phenoxy) is 2. The highest BCUT2D eigenvalue weighted by Gasteiger charge is 2.48. The van der Waals surface area contributed by atoms with Crippen LogP contribution in [0.5, 0.6) is 0 Å². The van der Waals surface area contributed by atoms with Crippen LogP contribution in [0.25, 0.3) is 10.4 Å². The van der Waals surface area contributed by atoms with E-state index >= 15 is 0 Å². The van der Waals surface area contributed by atoms with Gasteiger partial charge in [-0.1, -0.05) is 41.3 Å². The minimum atomic E-state index is -0.844. The number of imide groups is 1. The van der Waals surface area contributed by atoms with Crippen molar-refractivity contribution in [3.05, 3.63) is 39.2 Å². The third-order valence-electron chi connectivity index (χ3n) is 5.63. The number of fused-ring (bicyclic) bond motifs is 1. The molecule has 3 rings (SSSR count). The van der Waals surface area contributed by atoms with Crippen molar-refractivity contribution < 1.29 is 19.1 Å². The minimum Gasteiger partial charge on any atom is -0.443 e. The Morgan fingerprint density at radius 1 is 1.14 bits per heavy atom. The molecule has 0 aromatic heterocycles. The number of azide groups is 1. The van der Waals surface area contributed by atoms with Crippen LogP contribution >= 0.6 is 23.4 Å². The molecule has 0 bridgehead atoms. The predicted molar refractivity (Wildman–Crippen MR) is 138 cm³/mol. The summed E-state index contributed by atoms with van der Waals surface area (Å²) in [6.07, 6.45) is 1.93. The van der Waals surface area contributed by atoms with E-state index in [0.717, 1.165) is 29.7 Å². The number of aliphatic imine (C=N–C) groups is 1. The molecule has 0 spiro atoms. The second kappa shape index (κ2) is 10.3. The number of carbonyl (C=O) groups is 2. The molecule has 1 aromatic carbocycles. The normalized spacial score (nSPS) is 22.3. The van der Waals surface area contributed by atoms with E-state index in [-0.39, 0.29) is 11.1 Å². The molecule has 0 radical (unpaired) electrons. The van der Waals surface area contributed by atoms with Gasteiger partial charge in [0.05, 0.1) is 5.54 Å². The number of carbonyl (C=O) groups excluding carboxylic acids is 2. The van der Waals surface area contributed by atoms with Gasteiger partial charge in [-0.3, -0.25) is 0 Å². The summed E-state index contributed by atoms with van der Waals surface area (Å²) in [4.78, 5) is 35.3. The highest BCUT2D eigenvalue weighted by Crippen LogP contribution is 2.51. The van der Waals surface area contributed by atoms with Crippen LogP contribution < -0.4 is 0 Å². The van der Waals surface area contributed by atoms with Crippen molar-refractivity contribution in [3.63, 3.8) is 0 Å². The highest BCUT2D eigenvalue weighted by atomic mass is 35.5. The summed E-state index contributed by atoms with van der Waals surface area (Å²) in [5, 5.41) is 4.38. The van der Waals surface area contributed by atoms with Crippen molar-refractivity contribution in [2.45, 2.75) is 84.0 Å². The van der Waals surface area contributed by atoms with Crippen LogP contribution in [0, 0.1) is 5.92 Å². The molecule has 11 heteroatoms. The third kappa shape index (κ3) is 6.63. The summed E-state index contributed by atoms with van der Waals surface area (Å²) in [5.74, 6) is 0.797. The van der Waals surface area contributed by atoms with Gasteiger partial charge in [0.1, 0.15) is 11.2 Å². The SMILES string of the molecule is CC(C)(C)OC(=O)N(C(=O)OC(C)(C)C)C1=N[C@@]2(c3cc(Cl)cc(N=[N+]=[N-])c3)CCCC[C@H]2CS1. The first-order valence-corrected chi connectivity index (χ1v) is 13.0. The second-order valence-electron chi connectivity index (χ2n) is 10.8. The quantitative estimate of drug-likeness (QED) is 0.222. The van der Waals surface area contributed by atoms with E-state index < -0.39 is 28.9 Å². The van der Waals surface area contributed by atoms with Gasteiger partial charge in [0.15, 0.2) is 5.17 Å². The Bertz CT molecular complexity index is 1050. The number of hydrogen-bond donors (Lipinski definition) is 0. The Hall–Kier alpha value is -2.42. The summed E-state index contributed by atoms with van der Waals surface area (Å²) >= 11 is 7.72. The lowest BCUT2D eigenvalue weighted by Crippen LogP contribution is -2.50. The molecule has 9 nitrogen and oxygen atoms in total. The fourth-order valence-corrected chi connectivity index (χ4v) is 5.84. The molecule has 190 valence electrons. The number of amidine groups is 1. The molecule has 1 heterocycles. The third-order valence-corrected chi connectivity index (χ3v) is 6.95. The van der Waals surface area contributed by atoms with Gasteiger partial charge in [0.25, 0.3) is 0 Å². The minimum absolute atomic E-state index is 0.154. The summed E-state index contributed by atoms with van der Waals surface area (Å²) in [6.45, 7) is 10.4. The smallest absolute Gasteiger partial charge is 0.426 e. The van der Waals surface area contributed by atoms with Gasteiger partial charge in [-0.2, -0.15) is 4.90 Å². The van der Waals surface area contributed by atoms with E-state index in [2.05, 4.69) is 10.0 Å². The first-order valence-electron chi connectivity index (χ1n) is 11.6. The number of amides is 2. The van der Waals surface area contributed by atoms with Crippen LogP contribution in [0.1, 0.15) is 72.8 Å². The topological polar surface area (TPSA) is 117 Å². The van der Waals surface area contributed by atoms with Crippen LogP contribution in [0.15, 0.2) is 28.3 Å². The van der Waals surface area contributed by atoms with Crippen LogP contribution in [-0.2, 0) is 15.0 Å². The van der Waals surface area contributed by atoms with Crippen LogP contribution in [0.3, 0.4) is 0 Å². The first-order chi connectivity index (χ1) is 16.2. The Morgan fingerprint density at radius 3 is 2.34 bits per heavy atom. The van der Waals surface area contributed by atoms with Crippen LogP contribution in [-0.4, -0.2) is 39.2 Å². The first kappa shape index (κ1) is 27.2. The highest BCUT2D eigenvalue weighted by molar-refractivity contribution is 8.13. The number of rotatable bonds is 2. The van der Waals surface area contributed by atoms with Crippen molar-refractivity contribution in [1.29, 1.82) is 0 Å². The van der Waals surface area contributed by atoms with Crippen molar-refractivity contribution in [1.82, 2.24) is 4.90 Å². The van der Waals surface area contributed by atoms with E-state index in [0.29, 0.717) is 22.9 Å². The fraction of sp³-hybridized carbons (Fsp3) is 0.625. The van der Waals surface area contributed by atoms with E-state index in [1.807, 2.05) is 6.07 Å². The molecule has 0 N–H and O–H groups in total.